The molecule has 0 radical (unpaired) electrons. The third kappa shape index (κ3) is 5.05. The molecule has 0 bridgehead atoms. The molecular weight excluding hydrogens is 496 g/mol. The Morgan fingerprint density at radius 1 is 1.02 bits per heavy atom. The third-order valence-corrected chi connectivity index (χ3v) is 8.18. The average molecular weight is 531 g/mol. The Balaban J connectivity index is 1.34. The van der Waals surface area contributed by atoms with Gasteiger partial charge in [-0.25, -0.2) is 4.98 Å². The Morgan fingerprint density at radius 3 is 2.45 bits per heavy atom. The van der Waals surface area contributed by atoms with Gasteiger partial charge in [0.15, 0.2) is 0 Å². The monoisotopic (exact) mass is 530 g/mol. The number of hydrogen-bond donors (Lipinski definition) is 1. The smallest absolute Gasteiger partial charge is 0.246 e. The van der Waals surface area contributed by atoms with Gasteiger partial charge in [0, 0.05) is 30.5 Å². The second kappa shape index (κ2) is 10.4. The molecule has 1 saturated carbocycles. The van der Waals surface area contributed by atoms with Gasteiger partial charge in [-0.2, -0.15) is 5.26 Å². The van der Waals surface area contributed by atoms with Crippen LogP contribution in [-0.4, -0.2) is 40.5 Å². The van der Waals surface area contributed by atoms with Gasteiger partial charge in [0.2, 0.25) is 5.91 Å². The Morgan fingerprint density at radius 2 is 1.80 bits per heavy atom. The van der Waals surface area contributed by atoms with E-state index < -0.39 is 5.60 Å². The summed E-state index contributed by atoms with van der Waals surface area (Å²) in [5.41, 5.74) is 7.67. The number of nitriles is 1. The van der Waals surface area contributed by atoms with Crippen LogP contribution >= 0.6 is 0 Å². The second-order valence-corrected chi connectivity index (χ2v) is 11.5. The van der Waals surface area contributed by atoms with Gasteiger partial charge in [0.25, 0.3) is 0 Å². The average Bonchev–Trinajstić information content (AvgIpc) is 3.78. The van der Waals surface area contributed by atoms with Crippen molar-refractivity contribution in [1.82, 2.24) is 9.88 Å². The minimum Gasteiger partial charge on any atom is -0.386 e. The van der Waals surface area contributed by atoms with Crippen LogP contribution in [0.5, 0.6) is 0 Å². The molecule has 3 aromatic rings. The zero-order valence-corrected chi connectivity index (χ0v) is 23.1. The van der Waals surface area contributed by atoms with E-state index in [1.54, 1.807) is 20.0 Å². The van der Waals surface area contributed by atoms with Gasteiger partial charge in [0.05, 0.1) is 23.8 Å². The largest absolute Gasteiger partial charge is 0.386 e. The molecule has 3 aliphatic rings. The molecule has 2 heterocycles. The number of anilines is 1. The van der Waals surface area contributed by atoms with E-state index in [9.17, 15) is 15.2 Å². The molecule has 2 fully saturated rings. The van der Waals surface area contributed by atoms with Crippen molar-refractivity contribution in [3.8, 4) is 17.2 Å². The van der Waals surface area contributed by atoms with E-state index in [0.29, 0.717) is 24.6 Å². The molecule has 202 valence electrons. The Kier molecular flexibility index (Phi) is 6.77. The number of nitrogens with zero attached hydrogens (tertiary/aromatic N) is 4. The highest BCUT2D eigenvalue weighted by molar-refractivity contribution is 5.89. The fraction of sp³-hybridized carbons (Fsp3) is 0.324. The van der Waals surface area contributed by atoms with Crippen molar-refractivity contribution in [2.45, 2.75) is 45.1 Å². The number of rotatable bonds is 5. The summed E-state index contributed by atoms with van der Waals surface area (Å²) < 4.78 is 0. The van der Waals surface area contributed by atoms with Crippen molar-refractivity contribution in [3.63, 3.8) is 0 Å². The maximum absolute atomic E-state index is 13.7. The molecule has 1 aliphatic heterocycles. The van der Waals surface area contributed by atoms with Gasteiger partial charge in [-0.3, -0.25) is 4.79 Å². The zero-order chi connectivity index (χ0) is 27.9. The standard InChI is InChI=1S/C34H34N4O2/c1-34(2,40)26-16-17-31(36-21-26)37-18-19-38(32(39)22-37)30-9-4-3-6-28-27(24-12-10-23(20-35)11-13-24)7-5-8-29(28)33(30)25-14-15-25/h4-5,7-13,16-17,21,25,40H,3,6,14-15,18-19,22H2,1-2H3/b9-4-,33-30+. The predicted octanol–water partition coefficient (Wildman–Crippen LogP) is 5.82. The Bertz CT molecular complexity index is 1530. The summed E-state index contributed by atoms with van der Waals surface area (Å²) in [4.78, 5) is 22.2. The van der Waals surface area contributed by atoms with Crippen LogP contribution in [-0.2, 0) is 16.8 Å². The number of carbonyl (C=O) groups is 1. The zero-order valence-electron chi connectivity index (χ0n) is 23.1. The van der Waals surface area contributed by atoms with Crippen molar-refractivity contribution in [1.29, 1.82) is 5.26 Å². The molecule has 40 heavy (non-hydrogen) atoms. The van der Waals surface area contributed by atoms with Crippen molar-refractivity contribution in [2.24, 2.45) is 5.92 Å². The fourth-order valence-corrected chi connectivity index (χ4v) is 5.85. The first kappa shape index (κ1) is 26.0. The fourth-order valence-electron chi connectivity index (χ4n) is 5.85. The third-order valence-electron chi connectivity index (χ3n) is 8.18. The lowest BCUT2D eigenvalue weighted by atomic mass is 9.85. The first-order valence-electron chi connectivity index (χ1n) is 14.1. The maximum atomic E-state index is 13.7. The van der Waals surface area contributed by atoms with E-state index in [-0.39, 0.29) is 12.5 Å². The van der Waals surface area contributed by atoms with Crippen LogP contribution in [0.1, 0.15) is 55.4 Å². The van der Waals surface area contributed by atoms with E-state index in [1.807, 2.05) is 46.2 Å². The number of benzene rings is 2. The molecule has 1 aromatic heterocycles. The predicted molar refractivity (Wildman–Crippen MR) is 157 cm³/mol. The summed E-state index contributed by atoms with van der Waals surface area (Å²) in [6.07, 6.45) is 10.2. The van der Waals surface area contributed by atoms with Crippen LogP contribution in [0, 0.1) is 17.2 Å². The van der Waals surface area contributed by atoms with E-state index >= 15 is 0 Å². The van der Waals surface area contributed by atoms with Gasteiger partial charge < -0.3 is 14.9 Å². The van der Waals surface area contributed by atoms with Gasteiger partial charge in [-0.15, -0.1) is 0 Å². The van der Waals surface area contributed by atoms with Gasteiger partial charge in [-0.05, 0) is 97.6 Å². The van der Waals surface area contributed by atoms with Gasteiger partial charge >= 0.3 is 0 Å². The molecule has 1 N–H and O–H groups in total. The summed E-state index contributed by atoms with van der Waals surface area (Å²) in [5, 5.41) is 19.5. The van der Waals surface area contributed by atoms with Crippen molar-refractivity contribution in [2.75, 3.05) is 24.5 Å². The number of carbonyl (C=O) groups excluding carboxylic acids is 1. The quantitative estimate of drug-likeness (QED) is 0.450. The summed E-state index contributed by atoms with van der Waals surface area (Å²) in [7, 11) is 0. The number of hydrogen-bond acceptors (Lipinski definition) is 5. The maximum Gasteiger partial charge on any atom is 0.246 e. The molecule has 0 spiro atoms. The number of amides is 1. The minimum atomic E-state index is -0.952. The number of pyridine rings is 1. The lowest BCUT2D eigenvalue weighted by Crippen LogP contribution is -2.50. The normalized spacial score (nSPS) is 20.4. The molecule has 6 nitrogen and oxygen atoms in total. The van der Waals surface area contributed by atoms with Crippen molar-refractivity contribution in [3.05, 3.63) is 101 Å². The van der Waals surface area contributed by atoms with Crippen LogP contribution in [0.15, 0.2) is 78.6 Å². The molecule has 2 aliphatic carbocycles. The highest BCUT2D eigenvalue weighted by Crippen LogP contribution is 2.47. The Labute approximate surface area is 235 Å². The van der Waals surface area contributed by atoms with Crippen LogP contribution in [0.25, 0.3) is 16.7 Å². The van der Waals surface area contributed by atoms with Crippen LogP contribution < -0.4 is 4.90 Å². The molecule has 2 aromatic carbocycles. The van der Waals surface area contributed by atoms with E-state index in [1.165, 1.54) is 22.3 Å². The Hall–Kier alpha value is -4.21. The van der Waals surface area contributed by atoms with Crippen LogP contribution in [0.2, 0.25) is 0 Å². The SMILES string of the molecule is CC(C)(O)c1ccc(N2CCN(C3=C(\C4CC4)c4cccc(-c5ccc(C#N)cc5)c4CC/C=C\3)C(=O)C2)nc1. The van der Waals surface area contributed by atoms with Crippen LogP contribution in [0.3, 0.4) is 0 Å². The van der Waals surface area contributed by atoms with E-state index in [4.69, 9.17) is 0 Å². The molecular formula is C34H34N4O2. The van der Waals surface area contributed by atoms with Crippen molar-refractivity contribution >= 4 is 17.3 Å². The van der Waals surface area contributed by atoms with Crippen molar-refractivity contribution < 1.29 is 9.90 Å². The number of aromatic nitrogens is 1. The summed E-state index contributed by atoms with van der Waals surface area (Å²) in [5.74, 6) is 1.28. The summed E-state index contributed by atoms with van der Waals surface area (Å²) >= 11 is 0. The molecule has 0 atom stereocenters. The highest BCUT2D eigenvalue weighted by atomic mass is 16.3. The minimum absolute atomic E-state index is 0.0720. The molecule has 6 rings (SSSR count). The number of fused-ring (bicyclic) bond motifs is 1. The first-order chi connectivity index (χ1) is 19.3. The summed E-state index contributed by atoms with van der Waals surface area (Å²) in [6, 6.07) is 20.3. The molecule has 1 saturated heterocycles. The van der Waals surface area contributed by atoms with E-state index in [0.717, 1.165) is 48.3 Å². The first-order valence-corrected chi connectivity index (χ1v) is 14.1. The van der Waals surface area contributed by atoms with Gasteiger partial charge in [0.1, 0.15) is 5.82 Å². The number of piperazine rings is 1. The number of allylic oxidation sites excluding steroid dienone is 3. The number of aliphatic hydroxyl groups is 1. The molecule has 1 amide bonds. The summed E-state index contributed by atoms with van der Waals surface area (Å²) in [6.45, 7) is 5.03. The lowest BCUT2D eigenvalue weighted by molar-refractivity contribution is -0.128. The molecule has 6 heteroatoms. The second-order valence-electron chi connectivity index (χ2n) is 11.5. The topological polar surface area (TPSA) is 80.5 Å². The lowest BCUT2D eigenvalue weighted by Gasteiger charge is -2.37. The highest BCUT2D eigenvalue weighted by Gasteiger charge is 2.35. The van der Waals surface area contributed by atoms with Gasteiger partial charge in [-0.1, -0.05) is 42.5 Å². The van der Waals surface area contributed by atoms with Crippen LogP contribution in [0.4, 0.5) is 5.82 Å². The van der Waals surface area contributed by atoms with E-state index in [2.05, 4.69) is 41.4 Å². The molecule has 0 unspecified atom stereocenters.